The van der Waals surface area contributed by atoms with Crippen molar-refractivity contribution in [2.24, 2.45) is 5.73 Å². The predicted octanol–water partition coefficient (Wildman–Crippen LogP) is 4.57. The van der Waals surface area contributed by atoms with Crippen LogP contribution in [0.25, 0.3) is 0 Å². The minimum Gasteiger partial charge on any atom is -0.493 e. The molecular weight excluding hydrogens is 373 g/mol. The summed E-state index contributed by atoms with van der Waals surface area (Å²) < 4.78 is 10.7. The quantitative estimate of drug-likeness (QED) is 0.640. The first-order valence-electron chi connectivity index (χ1n) is 8.45. The van der Waals surface area contributed by atoms with Crippen LogP contribution < -0.4 is 15.2 Å². The van der Waals surface area contributed by atoms with Crippen LogP contribution in [0.2, 0.25) is 10.0 Å². The molecule has 0 saturated carbocycles. The second kappa shape index (κ2) is 8.96. The third kappa shape index (κ3) is 4.63. The Balaban J connectivity index is 2.49. The topological polar surface area (TPSA) is 64.7 Å². The molecule has 6 heteroatoms. The Kier molecular flexibility index (Phi) is 7.18. The standard InChI is InChI=1S/C20H25Cl2NO3/c1-4-20(12-19(23)24,14-6-7-15(21)16(22)10-14)11-13-5-8-17(25-2)18(9-13)26-3/h5-10,19,24H,4,11-12,23H2,1-3H3/t19-,20?/m1/s1. The Morgan fingerprint density at radius 1 is 1.04 bits per heavy atom. The number of aliphatic hydroxyl groups excluding tert-OH is 1. The fourth-order valence-electron chi connectivity index (χ4n) is 3.37. The average Bonchev–Trinajstić information content (AvgIpc) is 2.62. The maximum atomic E-state index is 9.94. The average molecular weight is 398 g/mol. The van der Waals surface area contributed by atoms with Crippen LogP contribution in [-0.4, -0.2) is 25.6 Å². The summed E-state index contributed by atoms with van der Waals surface area (Å²) in [6.45, 7) is 2.08. The molecule has 0 aliphatic heterocycles. The SMILES string of the molecule is CCC(Cc1ccc(OC)c(OC)c1)(C[C@H](N)O)c1ccc(Cl)c(Cl)c1. The lowest BCUT2D eigenvalue weighted by Crippen LogP contribution is -2.36. The molecule has 0 spiro atoms. The Morgan fingerprint density at radius 2 is 1.73 bits per heavy atom. The second-order valence-electron chi connectivity index (χ2n) is 6.40. The van der Waals surface area contributed by atoms with E-state index in [1.165, 1.54) is 0 Å². The van der Waals surface area contributed by atoms with Gasteiger partial charge < -0.3 is 20.3 Å². The van der Waals surface area contributed by atoms with Crippen LogP contribution in [0, 0.1) is 0 Å². The maximum absolute atomic E-state index is 9.94. The van der Waals surface area contributed by atoms with E-state index in [-0.39, 0.29) is 5.41 Å². The molecule has 2 atom stereocenters. The summed E-state index contributed by atoms with van der Waals surface area (Å²) in [6.07, 6.45) is 0.893. The number of methoxy groups -OCH3 is 2. The van der Waals surface area contributed by atoms with Gasteiger partial charge in [0.1, 0.15) is 6.23 Å². The van der Waals surface area contributed by atoms with Gasteiger partial charge in [-0.3, -0.25) is 0 Å². The van der Waals surface area contributed by atoms with E-state index in [1.807, 2.05) is 30.3 Å². The zero-order valence-electron chi connectivity index (χ0n) is 15.3. The third-order valence-corrected chi connectivity index (χ3v) is 5.54. The van der Waals surface area contributed by atoms with Crippen LogP contribution in [0.1, 0.15) is 30.9 Å². The summed E-state index contributed by atoms with van der Waals surface area (Å²) in [7, 11) is 3.21. The van der Waals surface area contributed by atoms with Gasteiger partial charge in [-0.1, -0.05) is 42.3 Å². The molecule has 2 rings (SSSR count). The van der Waals surface area contributed by atoms with Crippen LogP contribution in [0.15, 0.2) is 36.4 Å². The van der Waals surface area contributed by atoms with E-state index in [0.29, 0.717) is 34.4 Å². The fraction of sp³-hybridized carbons (Fsp3) is 0.400. The van der Waals surface area contributed by atoms with Crippen LogP contribution >= 0.6 is 23.2 Å². The maximum Gasteiger partial charge on any atom is 0.160 e. The molecule has 0 radical (unpaired) electrons. The Labute approximate surface area is 164 Å². The molecule has 2 aromatic rings. The number of hydrogen-bond donors (Lipinski definition) is 2. The predicted molar refractivity (Wildman–Crippen MR) is 106 cm³/mol. The molecule has 0 aliphatic rings. The van der Waals surface area contributed by atoms with Crippen molar-refractivity contribution in [3.63, 3.8) is 0 Å². The summed E-state index contributed by atoms with van der Waals surface area (Å²) in [5.74, 6) is 1.34. The smallest absolute Gasteiger partial charge is 0.160 e. The molecule has 26 heavy (non-hydrogen) atoms. The first-order valence-corrected chi connectivity index (χ1v) is 9.21. The van der Waals surface area contributed by atoms with Crippen LogP contribution in [0.5, 0.6) is 11.5 Å². The van der Waals surface area contributed by atoms with Gasteiger partial charge in [-0.05, 0) is 54.7 Å². The van der Waals surface area contributed by atoms with Crippen molar-refractivity contribution < 1.29 is 14.6 Å². The summed E-state index contributed by atoms with van der Waals surface area (Å²) in [5.41, 5.74) is 7.43. The summed E-state index contributed by atoms with van der Waals surface area (Å²) in [6, 6.07) is 11.4. The van der Waals surface area contributed by atoms with Crippen LogP contribution in [0.4, 0.5) is 0 Å². The monoisotopic (exact) mass is 397 g/mol. The number of hydrogen-bond acceptors (Lipinski definition) is 4. The molecule has 0 amide bonds. The van der Waals surface area contributed by atoms with Gasteiger partial charge in [-0.15, -0.1) is 0 Å². The lowest BCUT2D eigenvalue weighted by Gasteiger charge is -2.35. The van der Waals surface area contributed by atoms with E-state index in [0.717, 1.165) is 17.5 Å². The van der Waals surface area contributed by atoms with Gasteiger partial charge in [0, 0.05) is 5.41 Å². The molecule has 2 aromatic carbocycles. The largest absolute Gasteiger partial charge is 0.493 e. The minimum absolute atomic E-state index is 0.387. The van der Waals surface area contributed by atoms with Gasteiger partial charge in [0.25, 0.3) is 0 Å². The number of nitrogens with two attached hydrogens (primary N) is 1. The van der Waals surface area contributed by atoms with Crippen molar-refractivity contribution in [3.8, 4) is 11.5 Å². The van der Waals surface area contributed by atoms with E-state index < -0.39 is 6.23 Å². The Hall–Kier alpha value is -1.46. The molecule has 0 bridgehead atoms. The number of ether oxygens (including phenoxy) is 2. The summed E-state index contributed by atoms with van der Waals surface area (Å²) in [5, 5.41) is 10.9. The van der Waals surface area contributed by atoms with Gasteiger partial charge in [-0.25, -0.2) is 0 Å². The zero-order chi connectivity index (χ0) is 19.3. The van der Waals surface area contributed by atoms with Gasteiger partial charge in [-0.2, -0.15) is 0 Å². The second-order valence-corrected chi connectivity index (χ2v) is 7.21. The number of rotatable bonds is 8. The van der Waals surface area contributed by atoms with Gasteiger partial charge in [0.2, 0.25) is 0 Å². The molecule has 1 unspecified atom stereocenters. The van der Waals surface area contributed by atoms with E-state index >= 15 is 0 Å². The van der Waals surface area contributed by atoms with Crippen molar-refractivity contribution in [2.75, 3.05) is 14.2 Å². The van der Waals surface area contributed by atoms with Crippen molar-refractivity contribution >= 4 is 23.2 Å². The zero-order valence-corrected chi connectivity index (χ0v) is 16.8. The van der Waals surface area contributed by atoms with Crippen molar-refractivity contribution in [1.82, 2.24) is 0 Å². The molecule has 0 aliphatic carbocycles. The molecule has 4 nitrogen and oxygen atoms in total. The summed E-state index contributed by atoms with van der Waals surface area (Å²) in [4.78, 5) is 0. The van der Waals surface area contributed by atoms with Gasteiger partial charge in [0.15, 0.2) is 11.5 Å². The Bertz CT molecular complexity index is 752. The molecule has 0 aromatic heterocycles. The highest BCUT2D eigenvalue weighted by molar-refractivity contribution is 6.42. The van der Waals surface area contributed by atoms with Crippen molar-refractivity contribution in [2.45, 2.75) is 37.8 Å². The lowest BCUT2D eigenvalue weighted by molar-refractivity contribution is 0.133. The molecule has 0 saturated heterocycles. The Morgan fingerprint density at radius 3 is 2.27 bits per heavy atom. The lowest BCUT2D eigenvalue weighted by atomic mass is 9.70. The van der Waals surface area contributed by atoms with E-state index in [4.69, 9.17) is 38.4 Å². The first-order chi connectivity index (χ1) is 12.3. The fourth-order valence-corrected chi connectivity index (χ4v) is 3.67. The summed E-state index contributed by atoms with van der Waals surface area (Å²) >= 11 is 12.3. The number of benzene rings is 2. The minimum atomic E-state index is -0.940. The van der Waals surface area contributed by atoms with E-state index in [9.17, 15) is 5.11 Å². The molecule has 0 heterocycles. The number of halogens is 2. The van der Waals surface area contributed by atoms with Crippen LogP contribution in [0.3, 0.4) is 0 Å². The van der Waals surface area contributed by atoms with Crippen molar-refractivity contribution in [1.29, 1.82) is 0 Å². The molecular formula is C20H25Cl2NO3. The highest BCUT2D eigenvalue weighted by Gasteiger charge is 2.33. The first kappa shape index (κ1) is 20.8. The van der Waals surface area contributed by atoms with E-state index in [1.54, 1.807) is 20.3 Å². The highest BCUT2D eigenvalue weighted by Crippen LogP contribution is 2.40. The molecule has 0 fully saturated rings. The molecule has 3 N–H and O–H groups in total. The molecule has 142 valence electrons. The van der Waals surface area contributed by atoms with Gasteiger partial charge in [0.05, 0.1) is 24.3 Å². The third-order valence-electron chi connectivity index (χ3n) is 4.80. The highest BCUT2D eigenvalue weighted by atomic mass is 35.5. The van der Waals surface area contributed by atoms with Gasteiger partial charge >= 0.3 is 0 Å². The van der Waals surface area contributed by atoms with Crippen LogP contribution in [-0.2, 0) is 11.8 Å². The van der Waals surface area contributed by atoms with E-state index in [2.05, 4.69) is 6.92 Å². The normalized spacial score (nSPS) is 14.6. The number of aliphatic hydroxyl groups is 1. The van der Waals surface area contributed by atoms with Crippen molar-refractivity contribution in [3.05, 3.63) is 57.6 Å².